The number of thiazole rings is 1. The summed E-state index contributed by atoms with van der Waals surface area (Å²) in [7, 11) is 1.75. The van der Waals surface area contributed by atoms with E-state index in [1.54, 1.807) is 24.6 Å². The van der Waals surface area contributed by atoms with Crippen LogP contribution in [0, 0.1) is 5.92 Å². The summed E-state index contributed by atoms with van der Waals surface area (Å²) < 4.78 is 10.7. The molecule has 2 aliphatic rings. The number of ether oxygens (including phenoxy) is 2. The van der Waals surface area contributed by atoms with Gasteiger partial charge in [-0.1, -0.05) is 11.6 Å². The zero-order valence-electron chi connectivity index (χ0n) is 19.6. The highest BCUT2D eigenvalue weighted by molar-refractivity contribution is 7.14. The number of rotatable bonds is 10. The molecule has 1 saturated heterocycles. The van der Waals surface area contributed by atoms with Crippen molar-refractivity contribution in [1.29, 1.82) is 0 Å². The second-order valence-corrected chi connectivity index (χ2v) is 10.5. The van der Waals surface area contributed by atoms with Gasteiger partial charge in [0.15, 0.2) is 5.13 Å². The van der Waals surface area contributed by atoms with E-state index < -0.39 is 0 Å². The van der Waals surface area contributed by atoms with Crippen molar-refractivity contribution in [1.82, 2.24) is 15.3 Å². The van der Waals surface area contributed by atoms with Crippen LogP contribution in [0.2, 0.25) is 5.02 Å². The first-order chi connectivity index (χ1) is 16.1. The Balaban J connectivity index is 1.30. The first-order valence-corrected chi connectivity index (χ1v) is 13.3. The lowest BCUT2D eigenvalue weighted by molar-refractivity contribution is 0.0699. The van der Waals surface area contributed by atoms with Crippen molar-refractivity contribution in [2.24, 2.45) is 5.92 Å². The Morgan fingerprint density at radius 2 is 1.94 bits per heavy atom. The van der Waals surface area contributed by atoms with Crippen LogP contribution in [0.5, 0.6) is 0 Å². The summed E-state index contributed by atoms with van der Waals surface area (Å²) in [5.41, 5.74) is 1.82. The number of aromatic nitrogens is 2. The van der Waals surface area contributed by atoms with Crippen molar-refractivity contribution < 1.29 is 9.47 Å². The number of hydrogen-bond acceptors (Lipinski definition) is 8. The Labute approximate surface area is 206 Å². The van der Waals surface area contributed by atoms with E-state index in [4.69, 9.17) is 26.1 Å². The normalized spacial score (nSPS) is 22.8. The van der Waals surface area contributed by atoms with E-state index in [9.17, 15) is 0 Å². The average molecular weight is 494 g/mol. The molecule has 3 N–H and O–H groups in total. The molecule has 9 heteroatoms. The van der Waals surface area contributed by atoms with Crippen LogP contribution in [0.25, 0.3) is 11.3 Å². The minimum Gasteiger partial charge on any atom is -0.383 e. The largest absolute Gasteiger partial charge is 0.383 e. The smallest absolute Gasteiger partial charge is 0.183 e. The Kier molecular flexibility index (Phi) is 9.20. The molecule has 7 nitrogen and oxygen atoms in total. The van der Waals surface area contributed by atoms with E-state index in [1.165, 1.54) is 0 Å². The van der Waals surface area contributed by atoms with E-state index >= 15 is 0 Å². The van der Waals surface area contributed by atoms with E-state index in [-0.39, 0.29) is 0 Å². The van der Waals surface area contributed by atoms with Gasteiger partial charge in [-0.15, -0.1) is 11.3 Å². The molecule has 0 amide bonds. The molecular weight excluding hydrogens is 458 g/mol. The van der Waals surface area contributed by atoms with E-state index in [0.29, 0.717) is 29.1 Å². The molecule has 1 saturated carbocycles. The van der Waals surface area contributed by atoms with Gasteiger partial charge >= 0.3 is 0 Å². The average Bonchev–Trinajstić information content (AvgIpc) is 3.30. The SMILES string of the molecule is COC[C@H](C)NC1CCC(Nc2cc(-c3csc(NCC4CCOCC4)n3)c(Cl)cn2)CC1. The van der Waals surface area contributed by atoms with Crippen molar-refractivity contribution >= 4 is 33.9 Å². The van der Waals surface area contributed by atoms with E-state index in [2.05, 4.69) is 33.2 Å². The summed E-state index contributed by atoms with van der Waals surface area (Å²) in [6, 6.07) is 3.41. The topological polar surface area (TPSA) is 80.3 Å². The van der Waals surface area contributed by atoms with Crippen LogP contribution >= 0.6 is 22.9 Å². The highest BCUT2D eigenvalue weighted by atomic mass is 35.5. The molecule has 182 valence electrons. The Bertz CT molecular complexity index is 868. The van der Waals surface area contributed by atoms with Crippen LogP contribution in [0.4, 0.5) is 10.9 Å². The quantitative estimate of drug-likeness (QED) is 0.427. The molecule has 4 rings (SSSR count). The molecule has 33 heavy (non-hydrogen) atoms. The number of nitrogens with zero attached hydrogens (tertiary/aromatic N) is 2. The first-order valence-electron chi connectivity index (χ1n) is 12.0. The fourth-order valence-corrected chi connectivity index (χ4v) is 5.61. The van der Waals surface area contributed by atoms with Gasteiger partial charge in [-0.05, 0) is 57.4 Å². The van der Waals surface area contributed by atoms with Crippen molar-refractivity contribution in [2.45, 2.75) is 63.6 Å². The molecule has 0 radical (unpaired) electrons. The van der Waals surface area contributed by atoms with Crippen LogP contribution in [-0.2, 0) is 9.47 Å². The molecule has 0 aromatic carbocycles. The number of halogens is 1. The maximum Gasteiger partial charge on any atom is 0.183 e. The maximum absolute atomic E-state index is 6.50. The van der Waals surface area contributed by atoms with Crippen molar-refractivity contribution in [3.05, 3.63) is 22.7 Å². The fraction of sp³-hybridized carbons (Fsp3) is 0.667. The molecule has 2 aromatic rings. The number of methoxy groups -OCH3 is 1. The molecule has 0 unspecified atom stereocenters. The number of hydrogen-bond donors (Lipinski definition) is 3. The molecule has 3 heterocycles. The van der Waals surface area contributed by atoms with Gasteiger partial charge in [0, 0.05) is 62.1 Å². The minimum absolute atomic E-state index is 0.388. The van der Waals surface area contributed by atoms with Crippen LogP contribution < -0.4 is 16.0 Å². The van der Waals surface area contributed by atoms with Gasteiger partial charge in [0.2, 0.25) is 0 Å². The minimum atomic E-state index is 0.388. The third kappa shape index (κ3) is 7.26. The van der Waals surface area contributed by atoms with Crippen LogP contribution in [0.3, 0.4) is 0 Å². The molecule has 2 aromatic heterocycles. The van der Waals surface area contributed by atoms with Gasteiger partial charge in [-0.3, -0.25) is 0 Å². The highest BCUT2D eigenvalue weighted by Crippen LogP contribution is 2.33. The van der Waals surface area contributed by atoms with Crippen LogP contribution in [-0.4, -0.2) is 61.6 Å². The van der Waals surface area contributed by atoms with Gasteiger partial charge in [-0.25, -0.2) is 9.97 Å². The molecule has 0 bridgehead atoms. The third-order valence-electron chi connectivity index (χ3n) is 6.53. The van der Waals surface area contributed by atoms with Crippen LogP contribution in [0.15, 0.2) is 17.6 Å². The van der Waals surface area contributed by atoms with Gasteiger partial charge in [0.25, 0.3) is 0 Å². The van der Waals surface area contributed by atoms with E-state index in [1.807, 2.05) is 6.07 Å². The highest BCUT2D eigenvalue weighted by Gasteiger charge is 2.23. The summed E-state index contributed by atoms with van der Waals surface area (Å²) in [4.78, 5) is 9.31. The Hall–Kier alpha value is -1.45. The van der Waals surface area contributed by atoms with Crippen molar-refractivity contribution in [2.75, 3.05) is 44.1 Å². The van der Waals surface area contributed by atoms with Gasteiger partial charge in [0.1, 0.15) is 5.82 Å². The number of nitrogens with one attached hydrogen (secondary N) is 3. The molecule has 1 atom stereocenters. The number of anilines is 2. The molecule has 1 aliphatic carbocycles. The van der Waals surface area contributed by atoms with Gasteiger partial charge in [-0.2, -0.15) is 0 Å². The summed E-state index contributed by atoms with van der Waals surface area (Å²) in [5.74, 6) is 1.52. The van der Waals surface area contributed by atoms with E-state index in [0.717, 1.165) is 87.1 Å². The predicted molar refractivity (Wildman–Crippen MR) is 137 cm³/mol. The zero-order valence-corrected chi connectivity index (χ0v) is 21.2. The zero-order chi connectivity index (χ0) is 23.0. The predicted octanol–water partition coefficient (Wildman–Crippen LogP) is 5.04. The monoisotopic (exact) mass is 493 g/mol. The Morgan fingerprint density at radius 1 is 1.18 bits per heavy atom. The van der Waals surface area contributed by atoms with Crippen LogP contribution in [0.1, 0.15) is 45.4 Å². The van der Waals surface area contributed by atoms with Crippen molar-refractivity contribution in [3.8, 4) is 11.3 Å². The van der Waals surface area contributed by atoms with Gasteiger partial charge < -0.3 is 25.4 Å². The second kappa shape index (κ2) is 12.3. The maximum atomic E-state index is 6.50. The molecule has 2 fully saturated rings. The fourth-order valence-electron chi connectivity index (χ4n) is 4.69. The number of pyridine rings is 1. The lowest BCUT2D eigenvalue weighted by Crippen LogP contribution is -2.42. The standard InChI is InChI=1S/C24H36ClN5O2S/c1-16(14-31-2)28-18-3-5-19(6-4-18)29-23-11-20(21(25)13-26-23)22-15-33-24(30-22)27-12-17-7-9-32-10-8-17/h11,13,15-19,28H,3-10,12,14H2,1-2H3,(H,26,29)(H,27,30)/t16-,18?,19?/m0/s1. The molecule has 0 spiro atoms. The van der Waals surface area contributed by atoms with Gasteiger partial charge in [0.05, 0.1) is 17.3 Å². The lowest BCUT2D eigenvalue weighted by Gasteiger charge is -2.31. The second-order valence-electron chi connectivity index (χ2n) is 9.24. The summed E-state index contributed by atoms with van der Waals surface area (Å²) in [6.07, 6.45) is 8.50. The third-order valence-corrected chi connectivity index (χ3v) is 7.64. The summed E-state index contributed by atoms with van der Waals surface area (Å²) in [6.45, 7) is 5.59. The summed E-state index contributed by atoms with van der Waals surface area (Å²) in [5, 5.41) is 14.4. The lowest BCUT2D eigenvalue weighted by atomic mass is 9.90. The molecule has 1 aliphatic heterocycles. The summed E-state index contributed by atoms with van der Waals surface area (Å²) >= 11 is 8.12. The van der Waals surface area contributed by atoms with Crippen molar-refractivity contribution in [3.63, 3.8) is 0 Å². The molecular formula is C24H36ClN5O2S. The first kappa shape index (κ1) is 24.7. The Morgan fingerprint density at radius 3 is 2.70 bits per heavy atom.